The molecule has 19 heavy (non-hydrogen) atoms. The van der Waals surface area contributed by atoms with Crippen LogP contribution in [0.5, 0.6) is 5.88 Å². The minimum Gasteiger partial charge on any atom is -0.478 e. The average molecular weight is 257 g/mol. The Morgan fingerprint density at radius 3 is 3.11 bits per heavy atom. The molecule has 0 N–H and O–H groups in total. The topological polar surface area (TPSA) is 30.3 Å². The summed E-state index contributed by atoms with van der Waals surface area (Å²) in [5.74, 6) is 0.708. The van der Waals surface area contributed by atoms with E-state index in [1.165, 1.54) is 5.69 Å². The highest BCUT2D eigenvalue weighted by molar-refractivity contribution is 5.11. The molecule has 3 heterocycles. The zero-order valence-corrected chi connectivity index (χ0v) is 11.2. The van der Waals surface area contributed by atoms with Gasteiger partial charge in [-0.05, 0) is 25.2 Å². The normalized spacial score (nSPS) is 19.1. The molecule has 4 nitrogen and oxygen atoms in total. The summed E-state index contributed by atoms with van der Waals surface area (Å²) in [5.41, 5.74) is 1.39. The molecule has 1 aliphatic heterocycles. The van der Waals surface area contributed by atoms with Crippen molar-refractivity contribution in [3.63, 3.8) is 0 Å². The highest BCUT2D eigenvalue weighted by Crippen LogP contribution is 2.23. The lowest BCUT2D eigenvalue weighted by Gasteiger charge is -2.32. The lowest BCUT2D eigenvalue weighted by atomic mass is 10.1. The number of nitrogens with zero attached hydrogens (tertiary/aromatic N) is 3. The smallest absolute Gasteiger partial charge is 0.213 e. The van der Waals surface area contributed by atoms with Crippen molar-refractivity contribution in [2.24, 2.45) is 0 Å². The SMILES string of the molecule is CN1Cc2cccn2[C@H](CCOc2ccccn2)C1. The van der Waals surface area contributed by atoms with E-state index in [-0.39, 0.29) is 0 Å². The first-order valence-electron chi connectivity index (χ1n) is 6.71. The molecule has 3 rings (SSSR count). The molecule has 0 spiro atoms. The van der Waals surface area contributed by atoms with Gasteiger partial charge in [-0.3, -0.25) is 4.90 Å². The molecule has 0 saturated heterocycles. The van der Waals surface area contributed by atoms with Crippen LogP contribution in [0.2, 0.25) is 0 Å². The van der Waals surface area contributed by atoms with Crippen molar-refractivity contribution in [3.8, 4) is 5.88 Å². The van der Waals surface area contributed by atoms with Gasteiger partial charge in [0.25, 0.3) is 0 Å². The van der Waals surface area contributed by atoms with E-state index in [1.807, 2.05) is 18.2 Å². The predicted molar refractivity (Wildman–Crippen MR) is 74.2 cm³/mol. The third kappa shape index (κ3) is 2.79. The molecule has 0 aliphatic carbocycles. The number of ether oxygens (including phenoxy) is 1. The van der Waals surface area contributed by atoms with Gasteiger partial charge in [-0.1, -0.05) is 6.07 Å². The number of pyridine rings is 1. The Bertz CT molecular complexity index is 523. The van der Waals surface area contributed by atoms with E-state index in [2.05, 4.69) is 39.8 Å². The van der Waals surface area contributed by atoms with Crippen LogP contribution < -0.4 is 4.74 Å². The summed E-state index contributed by atoms with van der Waals surface area (Å²) in [6, 6.07) is 10.6. The molecule has 0 amide bonds. The van der Waals surface area contributed by atoms with Crippen LogP contribution in [-0.2, 0) is 6.54 Å². The Balaban J connectivity index is 1.59. The number of fused-ring (bicyclic) bond motifs is 1. The molecule has 0 aromatic carbocycles. The lowest BCUT2D eigenvalue weighted by Crippen LogP contribution is -2.34. The largest absolute Gasteiger partial charge is 0.478 e. The number of hydrogen-bond acceptors (Lipinski definition) is 3. The van der Waals surface area contributed by atoms with Gasteiger partial charge in [-0.25, -0.2) is 4.98 Å². The molecule has 0 fully saturated rings. The minimum absolute atomic E-state index is 0.493. The van der Waals surface area contributed by atoms with Crippen LogP contribution >= 0.6 is 0 Å². The molecule has 100 valence electrons. The first kappa shape index (κ1) is 12.2. The molecule has 0 bridgehead atoms. The van der Waals surface area contributed by atoms with Gasteiger partial charge >= 0.3 is 0 Å². The van der Waals surface area contributed by atoms with E-state index in [4.69, 9.17) is 4.74 Å². The van der Waals surface area contributed by atoms with E-state index < -0.39 is 0 Å². The van der Waals surface area contributed by atoms with Gasteiger partial charge in [0.05, 0.1) is 6.61 Å². The summed E-state index contributed by atoms with van der Waals surface area (Å²) >= 11 is 0. The van der Waals surface area contributed by atoms with Crippen molar-refractivity contribution in [2.45, 2.75) is 19.0 Å². The van der Waals surface area contributed by atoms with Crippen LogP contribution in [0.1, 0.15) is 18.2 Å². The fourth-order valence-corrected chi connectivity index (χ4v) is 2.67. The Morgan fingerprint density at radius 1 is 1.32 bits per heavy atom. The Kier molecular flexibility index (Phi) is 3.51. The van der Waals surface area contributed by atoms with Gasteiger partial charge < -0.3 is 9.30 Å². The van der Waals surface area contributed by atoms with E-state index in [1.54, 1.807) is 6.20 Å². The number of likely N-dealkylation sites (N-methyl/N-ethyl adjacent to an activating group) is 1. The summed E-state index contributed by atoms with van der Waals surface area (Å²) in [5, 5.41) is 0. The second-order valence-electron chi connectivity index (χ2n) is 5.06. The van der Waals surface area contributed by atoms with Gasteiger partial charge in [-0.2, -0.15) is 0 Å². The van der Waals surface area contributed by atoms with Crippen molar-refractivity contribution in [1.82, 2.24) is 14.5 Å². The van der Waals surface area contributed by atoms with Crippen LogP contribution in [-0.4, -0.2) is 34.7 Å². The third-order valence-electron chi connectivity index (χ3n) is 3.55. The highest BCUT2D eigenvalue weighted by Gasteiger charge is 2.21. The molecule has 2 aromatic heterocycles. The number of hydrogen-bond donors (Lipinski definition) is 0. The summed E-state index contributed by atoms with van der Waals surface area (Å²) < 4.78 is 8.07. The van der Waals surface area contributed by atoms with Gasteiger partial charge in [0.15, 0.2) is 0 Å². The summed E-state index contributed by atoms with van der Waals surface area (Å²) in [6.45, 7) is 2.81. The molecule has 1 atom stereocenters. The fourth-order valence-electron chi connectivity index (χ4n) is 2.67. The molecule has 2 aromatic rings. The predicted octanol–water partition coefficient (Wildman–Crippen LogP) is 2.34. The first-order valence-corrected chi connectivity index (χ1v) is 6.71. The molecular formula is C15H19N3O. The maximum atomic E-state index is 5.69. The van der Waals surface area contributed by atoms with E-state index in [9.17, 15) is 0 Å². The maximum Gasteiger partial charge on any atom is 0.213 e. The van der Waals surface area contributed by atoms with Gasteiger partial charge in [0.2, 0.25) is 5.88 Å². The van der Waals surface area contributed by atoms with Crippen molar-refractivity contribution in [2.75, 3.05) is 20.2 Å². The lowest BCUT2D eigenvalue weighted by molar-refractivity contribution is 0.189. The molecular weight excluding hydrogens is 238 g/mol. The van der Waals surface area contributed by atoms with E-state index in [0.29, 0.717) is 18.5 Å². The average Bonchev–Trinajstić information content (AvgIpc) is 2.88. The standard InChI is InChI=1S/C15H19N3O/c1-17-11-13-5-4-9-18(13)14(12-17)7-10-19-15-6-2-3-8-16-15/h2-6,8-9,14H,7,10-12H2,1H3/t14-/m1/s1. The Hall–Kier alpha value is -1.81. The van der Waals surface area contributed by atoms with Crippen molar-refractivity contribution < 1.29 is 4.74 Å². The molecule has 0 unspecified atom stereocenters. The first-order chi connectivity index (χ1) is 9.33. The zero-order valence-electron chi connectivity index (χ0n) is 11.2. The van der Waals surface area contributed by atoms with Crippen LogP contribution in [0, 0.1) is 0 Å². The highest BCUT2D eigenvalue weighted by atomic mass is 16.5. The van der Waals surface area contributed by atoms with Crippen molar-refractivity contribution in [3.05, 3.63) is 48.4 Å². The van der Waals surface area contributed by atoms with E-state index >= 15 is 0 Å². The molecule has 4 heteroatoms. The van der Waals surface area contributed by atoms with Crippen LogP contribution in [0.3, 0.4) is 0 Å². The minimum atomic E-state index is 0.493. The molecule has 0 saturated carbocycles. The third-order valence-corrected chi connectivity index (χ3v) is 3.55. The summed E-state index contributed by atoms with van der Waals surface area (Å²) in [7, 11) is 2.17. The monoisotopic (exact) mass is 257 g/mol. The summed E-state index contributed by atoms with van der Waals surface area (Å²) in [4.78, 5) is 6.53. The second kappa shape index (κ2) is 5.45. The Labute approximate surface area is 113 Å². The number of rotatable bonds is 4. The van der Waals surface area contributed by atoms with Crippen molar-refractivity contribution >= 4 is 0 Å². The van der Waals surface area contributed by atoms with Gasteiger partial charge in [0, 0.05) is 49.7 Å². The summed E-state index contributed by atoms with van der Waals surface area (Å²) in [6.07, 6.45) is 4.93. The quantitative estimate of drug-likeness (QED) is 0.842. The molecule has 0 radical (unpaired) electrons. The van der Waals surface area contributed by atoms with Gasteiger partial charge in [0.1, 0.15) is 0 Å². The molecule has 1 aliphatic rings. The number of aromatic nitrogens is 2. The van der Waals surface area contributed by atoms with Crippen LogP contribution in [0.4, 0.5) is 0 Å². The second-order valence-corrected chi connectivity index (χ2v) is 5.06. The van der Waals surface area contributed by atoms with Gasteiger partial charge in [-0.15, -0.1) is 0 Å². The fraction of sp³-hybridized carbons (Fsp3) is 0.400. The van der Waals surface area contributed by atoms with Crippen LogP contribution in [0.15, 0.2) is 42.7 Å². The van der Waals surface area contributed by atoms with E-state index in [0.717, 1.165) is 19.5 Å². The van der Waals surface area contributed by atoms with Crippen molar-refractivity contribution in [1.29, 1.82) is 0 Å². The maximum absolute atomic E-state index is 5.69. The Morgan fingerprint density at radius 2 is 2.26 bits per heavy atom. The van der Waals surface area contributed by atoms with Crippen LogP contribution in [0.25, 0.3) is 0 Å². The zero-order chi connectivity index (χ0) is 13.1.